The van der Waals surface area contributed by atoms with Gasteiger partial charge in [-0.3, -0.25) is 0 Å². The molecule has 0 bridgehead atoms. The summed E-state index contributed by atoms with van der Waals surface area (Å²) in [5.41, 5.74) is 3.99. The van der Waals surface area contributed by atoms with E-state index in [1.54, 1.807) is 19.3 Å². The van der Waals surface area contributed by atoms with Crippen molar-refractivity contribution in [3.8, 4) is 10.6 Å². The lowest BCUT2D eigenvalue weighted by molar-refractivity contribution is 0.202. The van der Waals surface area contributed by atoms with Gasteiger partial charge < -0.3 is 15.4 Å². The number of rotatable bonds is 7. The van der Waals surface area contributed by atoms with Crippen molar-refractivity contribution in [2.75, 3.05) is 17.4 Å². The van der Waals surface area contributed by atoms with E-state index in [1.165, 1.54) is 22.3 Å². The van der Waals surface area contributed by atoms with Crippen LogP contribution in [0.4, 0.5) is 15.7 Å². The molecule has 3 aromatic heterocycles. The van der Waals surface area contributed by atoms with E-state index < -0.39 is 6.09 Å². The number of benzene rings is 1. The Balaban J connectivity index is 1.57. The number of thiophene rings is 1. The minimum absolute atomic E-state index is 0.506. The second kappa shape index (κ2) is 8.52. The standard InChI is InChI=1S/C21H22N6O2S/c1-23-20-24-10-9-17(26-20)18-11-13(19(30-18)27(22)21(28)29)5-4-6-14-12-25-16-8-3-2-7-15(14)16/h2-3,7-12,25H,4-6,22H2,1H3,(H,28,29)(H,23,24,26). The highest BCUT2D eigenvalue weighted by Gasteiger charge is 2.19. The van der Waals surface area contributed by atoms with E-state index in [0.717, 1.165) is 39.5 Å². The van der Waals surface area contributed by atoms with E-state index in [9.17, 15) is 9.90 Å². The molecule has 0 saturated heterocycles. The van der Waals surface area contributed by atoms with E-state index >= 15 is 0 Å². The van der Waals surface area contributed by atoms with Crippen LogP contribution in [0.15, 0.2) is 48.8 Å². The fraction of sp³-hybridized carbons (Fsp3) is 0.190. The number of fused-ring (bicyclic) bond motifs is 1. The van der Waals surface area contributed by atoms with Gasteiger partial charge in [0.25, 0.3) is 0 Å². The number of aromatic amines is 1. The zero-order valence-corrected chi connectivity index (χ0v) is 17.2. The Morgan fingerprint density at radius 1 is 1.27 bits per heavy atom. The average Bonchev–Trinajstić information content (AvgIpc) is 3.38. The topological polar surface area (TPSA) is 120 Å². The van der Waals surface area contributed by atoms with Gasteiger partial charge in [-0.05, 0) is 48.6 Å². The first-order valence-electron chi connectivity index (χ1n) is 9.53. The smallest absolute Gasteiger partial charge is 0.427 e. The molecule has 8 nitrogen and oxygen atoms in total. The number of carbonyl (C=O) groups is 1. The number of nitrogens with two attached hydrogens (primary N) is 1. The summed E-state index contributed by atoms with van der Waals surface area (Å²) in [5, 5.41) is 14.8. The molecule has 0 atom stereocenters. The van der Waals surface area contributed by atoms with Crippen molar-refractivity contribution >= 4 is 39.3 Å². The first kappa shape index (κ1) is 19.9. The monoisotopic (exact) mass is 422 g/mol. The van der Waals surface area contributed by atoms with Gasteiger partial charge in [-0.15, -0.1) is 11.3 Å². The van der Waals surface area contributed by atoms with Crippen LogP contribution in [0.5, 0.6) is 0 Å². The summed E-state index contributed by atoms with van der Waals surface area (Å²) in [7, 11) is 1.75. The third kappa shape index (κ3) is 3.98. The molecule has 4 rings (SSSR count). The van der Waals surface area contributed by atoms with E-state index in [4.69, 9.17) is 5.84 Å². The summed E-state index contributed by atoms with van der Waals surface area (Å²) in [5.74, 6) is 6.33. The van der Waals surface area contributed by atoms with Crippen molar-refractivity contribution in [3.63, 3.8) is 0 Å². The third-order valence-corrected chi connectivity index (χ3v) is 6.11. The molecule has 0 spiro atoms. The second-order valence-electron chi connectivity index (χ2n) is 6.82. The summed E-state index contributed by atoms with van der Waals surface area (Å²) >= 11 is 1.31. The van der Waals surface area contributed by atoms with Crippen LogP contribution in [0.3, 0.4) is 0 Å². The number of hydrazine groups is 1. The molecule has 1 amide bonds. The second-order valence-corrected chi connectivity index (χ2v) is 7.85. The Kier molecular flexibility index (Phi) is 5.64. The van der Waals surface area contributed by atoms with Gasteiger partial charge in [0.2, 0.25) is 5.95 Å². The lowest BCUT2D eigenvalue weighted by atomic mass is 10.0. The fourth-order valence-electron chi connectivity index (χ4n) is 3.44. The van der Waals surface area contributed by atoms with Gasteiger partial charge in [0.1, 0.15) is 5.00 Å². The number of aromatic nitrogens is 3. The molecule has 0 aliphatic carbocycles. The van der Waals surface area contributed by atoms with Crippen LogP contribution in [0.25, 0.3) is 21.5 Å². The summed E-state index contributed by atoms with van der Waals surface area (Å²) < 4.78 is 0. The summed E-state index contributed by atoms with van der Waals surface area (Å²) in [4.78, 5) is 24.2. The maximum Gasteiger partial charge on any atom is 0.427 e. The lowest BCUT2D eigenvalue weighted by Gasteiger charge is -2.12. The Morgan fingerprint density at radius 3 is 2.87 bits per heavy atom. The van der Waals surface area contributed by atoms with Gasteiger partial charge in [0.05, 0.1) is 10.6 Å². The number of aryl methyl sites for hydroxylation is 2. The predicted molar refractivity (Wildman–Crippen MR) is 120 cm³/mol. The van der Waals surface area contributed by atoms with Crippen molar-refractivity contribution in [1.29, 1.82) is 0 Å². The minimum Gasteiger partial charge on any atom is -0.464 e. The maximum absolute atomic E-state index is 11.5. The van der Waals surface area contributed by atoms with Crippen LogP contribution in [0, 0.1) is 0 Å². The van der Waals surface area contributed by atoms with Crippen LogP contribution in [-0.2, 0) is 12.8 Å². The Labute approximate surface area is 177 Å². The molecule has 0 radical (unpaired) electrons. The zero-order chi connectivity index (χ0) is 21.1. The van der Waals surface area contributed by atoms with E-state index in [1.807, 2.05) is 24.4 Å². The Bertz CT molecular complexity index is 1190. The van der Waals surface area contributed by atoms with Gasteiger partial charge in [0.15, 0.2) is 0 Å². The molecule has 5 N–H and O–H groups in total. The number of H-pyrrole nitrogens is 1. The molecule has 9 heteroatoms. The molecule has 0 aliphatic rings. The number of hydrogen-bond donors (Lipinski definition) is 4. The zero-order valence-electron chi connectivity index (χ0n) is 16.4. The number of para-hydroxylation sites is 1. The molecule has 1 aromatic carbocycles. The fourth-order valence-corrected chi connectivity index (χ4v) is 4.54. The molecule has 4 aromatic rings. The van der Waals surface area contributed by atoms with Crippen LogP contribution in [-0.4, -0.2) is 33.2 Å². The Morgan fingerprint density at radius 2 is 2.07 bits per heavy atom. The third-order valence-electron chi connectivity index (χ3n) is 4.91. The van der Waals surface area contributed by atoms with Crippen molar-refractivity contribution < 1.29 is 9.90 Å². The lowest BCUT2D eigenvalue weighted by Crippen LogP contribution is -2.35. The molecule has 0 saturated carbocycles. The molecule has 0 fully saturated rings. The van der Waals surface area contributed by atoms with E-state index in [0.29, 0.717) is 17.4 Å². The molecule has 30 heavy (non-hydrogen) atoms. The Hall–Kier alpha value is -3.43. The highest BCUT2D eigenvalue weighted by molar-refractivity contribution is 7.19. The van der Waals surface area contributed by atoms with Crippen molar-refractivity contribution in [3.05, 3.63) is 59.9 Å². The van der Waals surface area contributed by atoms with Gasteiger partial charge in [-0.2, -0.15) is 0 Å². The minimum atomic E-state index is -1.19. The summed E-state index contributed by atoms with van der Waals surface area (Å²) in [6.07, 6.45) is 4.96. The first-order valence-corrected chi connectivity index (χ1v) is 10.3. The number of nitrogens with zero attached hydrogens (tertiary/aromatic N) is 3. The molecule has 0 aliphatic heterocycles. The van der Waals surface area contributed by atoms with Crippen LogP contribution >= 0.6 is 11.3 Å². The molecular formula is C21H22N6O2S. The predicted octanol–water partition coefficient (Wildman–Crippen LogP) is 4.26. The number of nitrogens with one attached hydrogen (secondary N) is 2. The SMILES string of the molecule is CNc1nccc(-c2cc(CCCc3c[nH]c4ccccc34)c(N(N)C(=O)O)s2)n1. The van der Waals surface area contributed by atoms with Gasteiger partial charge in [-0.25, -0.2) is 25.6 Å². The van der Waals surface area contributed by atoms with Gasteiger partial charge in [0, 0.05) is 30.3 Å². The largest absolute Gasteiger partial charge is 0.464 e. The van der Waals surface area contributed by atoms with Crippen LogP contribution in [0.2, 0.25) is 0 Å². The number of amides is 1. The summed E-state index contributed by atoms with van der Waals surface area (Å²) in [6.45, 7) is 0. The molecule has 154 valence electrons. The molecule has 3 heterocycles. The molecule has 0 unspecified atom stereocenters. The van der Waals surface area contributed by atoms with Crippen LogP contribution < -0.4 is 16.2 Å². The van der Waals surface area contributed by atoms with E-state index in [-0.39, 0.29) is 0 Å². The van der Waals surface area contributed by atoms with Gasteiger partial charge in [-0.1, -0.05) is 18.2 Å². The summed E-state index contributed by atoms with van der Waals surface area (Å²) in [6, 6.07) is 12.0. The normalized spacial score (nSPS) is 11.0. The van der Waals surface area contributed by atoms with Crippen molar-refractivity contribution in [2.45, 2.75) is 19.3 Å². The van der Waals surface area contributed by atoms with Crippen molar-refractivity contribution in [2.24, 2.45) is 5.84 Å². The van der Waals surface area contributed by atoms with Crippen molar-refractivity contribution in [1.82, 2.24) is 15.0 Å². The van der Waals surface area contributed by atoms with Gasteiger partial charge >= 0.3 is 6.09 Å². The molecular weight excluding hydrogens is 400 g/mol. The first-order chi connectivity index (χ1) is 14.6. The average molecular weight is 423 g/mol. The number of hydrogen-bond acceptors (Lipinski definition) is 6. The highest BCUT2D eigenvalue weighted by Crippen LogP contribution is 2.37. The highest BCUT2D eigenvalue weighted by atomic mass is 32.1. The number of carboxylic acid groups (broad SMARTS) is 1. The van der Waals surface area contributed by atoms with E-state index in [2.05, 4.69) is 32.4 Å². The maximum atomic E-state index is 11.5. The quantitative estimate of drug-likeness (QED) is 0.201. The number of anilines is 2. The van der Waals surface area contributed by atoms with Crippen LogP contribution in [0.1, 0.15) is 17.5 Å².